The predicted octanol–water partition coefficient (Wildman–Crippen LogP) is 4.93. The first-order chi connectivity index (χ1) is 18.0. The Morgan fingerprint density at radius 3 is 2.14 bits per heavy atom. The summed E-state index contributed by atoms with van der Waals surface area (Å²) in [4.78, 5) is 3.82. The monoisotopic (exact) mass is 522 g/mol. The first-order valence-corrected chi connectivity index (χ1v) is 14.0. The van der Waals surface area contributed by atoms with Crippen molar-refractivity contribution in [1.82, 2.24) is 9.80 Å². The summed E-state index contributed by atoms with van der Waals surface area (Å²) >= 11 is 0. The highest BCUT2D eigenvalue weighted by molar-refractivity contribution is 7.86. The SMILES string of the molecule is CCS(=O)(=O)OC1N(CCc2ccccc2)C=CN1CC(OCc1ccc(OC)cc1)c1ccccc1. The second kappa shape index (κ2) is 12.8. The van der Waals surface area contributed by atoms with Gasteiger partial charge >= 0.3 is 0 Å². The van der Waals surface area contributed by atoms with E-state index in [9.17, 15) is 8.42 Å². The molecule has 0 radical (unpaired) electrons. The molecule has 1 heterocycles. The van der Waals surface area contributed by atoms with E-state index in [4.69, 9.17) is 13.7 Å². The van der Waals surface area contributed by atoms with Gasteiger partial charge in [-0.25, -0.2) is 4.18 Å². The summed E-state index contributed by atoms with van der Waals surface area (Å²) in [6.45, 7) is 3.02. The predicted molar refractivity (Wildman–Crippen MR) is 144 cm³/mol. The van der Waals surface area contributed by atoms with E-state index in [0.717, 1.165) is 23.3 Å². The van der Waals surface area contributed by atoms with Gasteiger partial charge < -0.3 is 19.3 Å². The van der Waals surface area contributed by atoms with Crippen molar-refractivity contribution in [2.75, 3.05) is 26.0 Å². The molecular weight excluding hydrogens is 488 g/mol. The lowest BCUT2D eigenvalue weighted by Crippen LogP contribution is -2.44. The lowest BCUT2D eigenvalue weighted by Gasteiger charge is -2.33. The Balaban J connectivity index is 1.50. The summed E-state index contributed by atoms with van der Waals surface area (Å²) in [6.07, 6.45) is 3.46. The molecule has 0 aliphatic carbocycles. The van der Waals surface area contributed by atoms with Crippen molar-refractivity contribution in [3.05, 3.63) is 114 Å². The summed E-state index contributed by atoms with van der Waals surface area (Å²) < 4.78 is 42.3. The van der Waals surface area contributed by atoms with Crippen LogP contribution in [0.25, 0.3) is 0 Å². The molecule has 3 aromatic rings. The molecule has 2 atom stereocenters. The molecule has 0 spiro atoms. The molecule has 4 rings (SSSR count). The third-order valence-electron chi connectivity index (χ3n) is 6.26. The van der Waals surface area contributed by atoms with Crippen molar-refractivity contribution in [2.24, 2.45) is 0 Å². The molecule has 0 aromatic heterocycles. The summed E-state index contributed by atoms with van der Waals surface area (Å²) in [5.41, 5.74) is 3.20. The fourth-order valence-corrected chi connectivity index (χ4v) is 4.71. The van der Waals surface area contributed by atoms with Gasteiger partial charge in [0, 0.05) is 18.9 Å². The average Bonchev–Trinajstić information content (AvgIpc) is 3.31. The highest BCUT2D eigenvalue weighted by atomic mass is 32.2. The second-order valence-corrected chi connectivity index (χ2v) is 10.7. The maximum atomic E-state index is 12.5. The van der Waals surface area contributed by atoms with Gasteiger partial charge in [-0.15, -0.1) is 0 Å². The van der Waals surface area contributed by atoms with Crippen LogP contribution in [0.3, 0.4) is 0 Å². The standard InChI is InChI=1S/C29H34N2O5S/c1-3-37(32,33)36-29-30(19-18-24-10-6-4-7-11-24)20-21-31(29)22-28(26-12-8-5-9-13-26)35-23-25-14-16-27(34-2)17-15-25/h4-17,20-21,28-29H,3,18-19,22-23H2,1-2H3. The largest absolute Gasteiger partial charge is 0.497 e. The number of hydrogen-bond acceptors (Lipinski definition) is 7. The van der Waals surface area contributed by atoms with Gasteiger partial charge in [0.1, 0.15) is 11.9 Å². The van der Waals surface area contributed by atoms with Crippen LogP contribution in [0.5, 0.6) is 5.75 Å². The highest BCUT2D eigenvalue weighted by Crippen LogP contribution is 2.27. The molecule has 0 saturated carbocycles. The zero-order chi connectivity index (χ0) is 26.1. The van der Waals surface area contributed by atoms with Gasteiger partial charge in [-0.05, 0) is 42.2 Å². The Labute approximate surface area is 220 Å². The third kappa shape index (κ3) is 7.58. The molecule has 1 aliphatic heterocycles. The van der Waals surface area contributed by atoms with Crippen LogP contribution in [0, 0.1) is 0 Å². The van der Waals surface area contributed by atoms with E-state index in [0.29, 0.717) is 19.7 Å². The molecule has 0 bridgehead atoms. The van der Waals surface area contributed by atoms with Crippen molar-refractivity contribution in [3.63, 3.8) is 0 Å². The Kier molecular flexibility index (Phi) is 9.22. The van der Waals surface area contributed by atoms with Gasteiger partial charge in [-0.3, -0.25) is 0 Å². The maximum Gasteiger partial charge on any atom is 0.270 e. The molecule has 0 amide bonds. The van der Waals surface area contributed by atoms with Crippen LogP contribution >= 0.6 is 0 Å². The van der Waals surface area contributed by atoms with E-state index in [-0.39, 0.29) is 11.9 Å². The van der Waals surface area contributed by atoms with Crippen molar-refractivity contribution in [3.8, 4) is 5.75 Å². The molecule has 0 N–H and O–H groups in total. The van der Waals surface area contributed by atoms with Crippen molar-refractivity contribution in [1.29, 1.82) is 0 Å². The van der Waals surface area contributed by atoms with E-state index >= 15 is 0 Å². The quantitative estimate of drug-likeness (QED) is 0.295. The van der Waals surface area contributed by atoms with E-state index in [1.54, 1.807) is 14.0 Å². The minimum atomic E-state index is -3.69. The fraction of sp³-hybridized carbons (Fsp3) is 0.310. The first-order valence-electron chi connectivity index (χ1n) is 12.4. The molecule has 196 valence electrons. The van der Waals surface area contributed by atoms with E-state index in [1.165, 1.54) is 5.56 Å². The van der Waals surface area contributed by atoms with Gasteiger partial charge in [-0.2, -0.15) is 8.42 Å². The van der Waals surface area contributed by atoms with Crippen LogP contribution in [-0.2, 0) is 32.1 Å². The lowest BCUT2D eigenvalue weighted by molar-refractivity contribution is -0.0544. The molecule has 3 aromatic carbocycles. The van der Waals surface area contributed by atoms with Crippen molar-refractivity contribution in [2.45, 2.75) is 32.4 Å². The van der Waals surface area contributed by atoms with E-state index < -0.39 is 16.5 Å². The van der Waals surface area contributed by atoms with Gasteiger partial charge in [-0.1, -0.05) is 72.8 Å². The fourth-order valence-electron chi connectivity index (χ4n) is 4.09. The maximum absolute atomic E-state index is 12.5. The Hall–Kier alpha value is -3.33. The van der Waals surface area contributed by atoms with Crippen LogP contribution in [0.15, 0.2) is 97.3 Å². The van der Waals surface area contributed by atoms with E-state index in [1.807, 2.05) is 95.0 Å². The Bertz CT molecular complexity index is 1230. The van der Waals surface area contributed by atoms with Crippen LogP contribution in [0.4, 0.5) is 0 Å². The molecule has 0 saturated heterocycles. The van der Waals surface area contributed by atoms with Crippen molar-refractivity contribution >= 4 is 10.1 Å². The summed E-state index contributed by atoms with van der Waals surface area (Å²) in [5, 5.41) is 0. The molecule has 37 heavy (non-hydrogen) atoms. The summed E-state index contributed by atoms with van der Waals surface area (Å²) in [7, 11) is -2.05. The van der Waals surface area contributed by atoms with Crippen LogP contribution in [-0.4, -0.2) is 50.5 Å². The minimum Gasteiger partial charge on any atom is -0.497 e. The topological polar surface area (TPSA) is 68.3 Å². The Morgan fingerprint density at radius 2 is 1.49 bits per heavy atom. The third-order valence-corrected chi connectivity index (χ3v) is 7.44. The van der Waals surface area contributed by atoms with Crippen LogP contribution in [0.1, 0.15) is 29.7 Å². The molecule has 2 unspecified atom stereocenters. The lowest BCUT2D eigenvalue weighted by atomic mass is 10.1. The molecular formula is C29H34N2O5S. The average molecular weight is 523 g/mol. The molecule has 8 heteroatoms. The number of ether oxygens (including phenoxy) is 2. The van der Waals surface area contributed by atoms with Gasteiger partial charge in [0.15, 0.2) is 0 Å². The highest BCUT2D eigenvalue weighted by Gasteiger charge is 2.33. The number of rotatable bonds is 13. The summed E-state index contributed by atoms with van der Waals surface area (Å²) in [5.74, 6) is 0.693. The van der Waals surface area contributed by atoms with Crippen molar-refractivity contribution < 1.29 is 22.1 Å². The van der Waals surface area contributed by atoms with Crippen LogP contribution < -0.4 is 4.74 Å². The minimum absolute atomic E-state index is 0.0973. The number of methoxy groups -OCH3 is 1. The molecule has 1 aliphatic rings. The van der Waals surface area contributed by atoms with Gasteiger partial charge in [0.05, 0.1) is 26.0 Å². The number of hydrogen-bond donors (Lipinski definition) is 0. The summed E-state index contributed by atoms with van der Waals surface area (Å²) in [6, 6.07) is 27.8. The van der Waals surface area contributed by atoms with Gasteiger partial charge in [0.2, 0.25) is 6.35 Å². The zero-order valence-corrected chi connectivity index (χ0v) is 22.1. The Morgan fingerprint density at radius 1 is 0.838 bits per heavy atom. The first kappa shape index (κ1) is 26.7. The van der Waals surface area contributed by atoms with Crippen LogP contribution in [0.2, 0.25) is 0 Å². The smallest absolute Gasteiger partial charge is 0.270 e. The molecule has 0 fully saturated rings. The zero-order valence-electron chi connectivity index (χ0n) is 21.3. The number of nitrogens with zero attached hydrogens (tertiary/aromatic N) is 2. The normalized spacial score (nSPS) is 16.2. The van der Waals surface area contributed by atoms with E-state index in [2.05, 4.69) is 12.1 Å². The van der Waals surface area contributed by atoms with Gasteiger partial charge in [0.25, 0.3) is 10.1 Å². The second-order valence-electron chi connectivity index (χ2n) is 8.80. The molecule has 7 nitrogen and oxygen atoms in total. The number of benzene rings is 3.